The fourth-order valence-corrected chi connectivity index (χ4v) is 2.14. The van der Waals surface area contributed by atoms with E-state index >= 15 is 0 Å². The summed E-state index contributed by atoms with van der Waals surface area (Å²) in [5.74, 6) is 0.209. The normalized spacial score (nSPS) is 16.1. The second-order valence-corrected chi connectivity index (χ2v) is 4.56. The molecule has 1 amide bonds. The Morgan fingerprint density at radius 1 is 1.38 bits per heavy atom. The number of amides is 1. The van der Waals surface area contributed by atoms with Crippen molar-refractivity contribution in [1.29, 1.82) is 0 Å². The van der Waals surface area contributed by atoms with Gasteiger partial charge >= 0.3 is 29.6 Å². The van der Waals surface area contributed by atoms with Gasteiger partial charge in [0, 0.05) is 25.8 Å². The molecular formula is C15H17N2NaO3. The standard InChI is InChI=1S/C15H18N2O3.Na/c1-11-6-3-4-7-12(11)14-16-13(10-18)15(19)17(14)8-5-9-20-2;/h3-4,6-7,10,18H,5,8-9H2,1-2H3;/q;+1/p-1/b13-10-;. The van der Waals surface area contributed by atoms with Gasteiger partial charge in [-0.25, -0.2) is 4.99 Å². The van der Waals surface area contributed by atoms with E-state index in [1.165, 1.54) is 0 Å². The zero-order valence-electron chi connectivity index (χ0n) is 12.6. The molecule has 0 bridgehead atoms. The number of carbonyl (C=O) groups excluding carboxylic acids is 1. The fourth-order valence-electron chi connectivity index (χ4n) is 2.14. The maximum absolute atomic E-state index is 12.1. The zero-order chi connectivity index (χ0) is 14.5. The molecule has 0 radical (unpaired) electrons. The molecule has 0 N–H and O–H groups in total. The van der Waals surface area contributed by atoms with E-state index in [9.17, 15) is 9.90 Å². The number of rotatable bonds is 5. The van der Waals surface area contributed by atoms with Gasteiger partial charge in [-0.3, -0.25) is 9.69 Å². The Balaban J connectivity index is 0.00000220. The molecule has 6 heteroatoms. The zero-order valence-corrected chi connectivity index (χ0v) is 14.6. The predicted molar refractivity (Wildman–Crippen MR) is 74.0 cm³/mol. The first-order chi connectivity index (χ1) is 9.69. The largest absolute Gasteiger partial charge is 1.00 e. The van der Waals surface area contributed by atoms with Gasteiger partial charge in [-0.1, -0.05) is 24.3 Å². The topological polar surface area (TPSA) is 65.0 Å². The van der Waals surface area contributed by atoms with Crippen LogP contribution in [0.2, 0.25) is 0 Å². The van der Waals surface area contributed by atoms with Gasteiger partial charge in [0.15, 0.2) is 0 Å². The van der Waals surface area contributed by atoms with Crippen LogP contribution in [0.25, 0.3) is 0 Å². The number of aryl methyl sites for hydroxylation is 1. The van der Waals surface area contributed by atoms with Crippen molar-refractivity contribution in [2.24, 2.45) is 4.99 Å². The first-order valence-corrected chi connectivity index (χ1v) is 6.46. The molecule has 1 heterocycles. The number of hydrogen-bond acceptors (Lipinski definition) is 4. The molecule has 106 valence electrons. The third-order valence-corrected chi connectivity index (χ3v) is 3.17. The number of methoxy groups -OCH3 is 1. The van der Waals surface area contributed by atoms with Crippen LogP contribution in [0.1, 0.15) is 17.5 Å². The van der Waals surface area contributed by atoms with Gasteiger partial charge in [-0.2, -0.15) is 0 Å². The van der Waals surface area contributed by atoms with E-state index in [0.29, 0.717) is 31.7 Å². The molecule has 1 aromatic rings. The Morgan fingerprint density at radius 2 is 2.10 bits per heavy atom. The van der Waals surface area contributed by atoms with Crippen LogP contribution in [-0.4, -0.2) is 36.9 Å². The number of ether oxygens (including phenoxy) is 1. The van der Waals surface area contributed by atoms with E-state index < -0.39 is 0 Å². The number of carbonyl (C=O) groups is 1. The predicted octanol–water partition coefficient (Wildman–Crippen LogP) is -2.17. The molecule has 2 rings (SSSR count). The minimum Gasteiger partial charge on any atom is -0.876 e. The van der Waals surface area contributed by atoms with E-state index in [4.69, 9.17) is 4.74 Å². The third-order valence-electron chi connectivity index (χ3n) is 3.17. The van der Waals surface area contributed by atoms with Gasteiger partial charge in [0.05, 0.1) is 0 Å². The van der Waals surface area contributed by atoms with Crippen LogP contribution in [0.5, 0.6) is 0 Å². The molecule has 0 aromatic heterocycles. The summed E-state index contributed by atoms with van der Waals surface area (Å²) >= 11 is 0. The summed E-state index contributed by atoms with van der Waals surface area (Å²) in [7, 11) is 1.62. The van der Waals surface area contributed by atoms with Gasteiger partial charge in [0.2, 0.25) is 0 Å². The first kappa shape index (κ1) is 17.9. The Morgan fingerprint density at radius 3 is 2.71 bits per heavy atom. The van der Waals surface area contributed by atoms with Crippen molar-refractivity contribution >= 4 is 11.7 Å². The first-order valence-electron chi connectivity index (χ1n) is 6.46. The number of amidine groups is 1. The van der Waals surface area contributed by atoms with Gasteiger partial charge in [0.1, 0.15) is 11.5 Å². The molecule has 0 unspecified atom stereocenters. The number of aliphatic imine (C=N–C) groups is 1. The molecular weight excluding hydrogens is 279 g/mol. The van der Waals surface area contributed by atoms with Crippen LogP contribution < -0.4 is 34.7 Å². The number of nitrogens with zero attached hydrogens (tertiary/aromatic N) is 2. The average Bonchev–Trinajstić information content (AvgIpc) is 2.77. The van der Waals surface area contributed by atoms with Crippen molar-refractivity contribution in [3.05, 3.63) is 47.4 Å². The number of benzene rings is 1. The van der Waals surface area contributed by atoms with Crippen LogP contribution >= 0.6 is 0 Å². The van der Waals surface area contributed by atoms with Crippen LogP contribution in [0.15, 0.2) is 41.2 Å². The summed E-state index contributed by atoms with van der Waals surface area (Å²) in [6.45, 7) is 2.99. The summed E-state index contributed by atoms with van der Waals surface area (Å²) < 4.78 is 5.00. The van der Waals surface area contributed by atoms with Gasteiger partial charge in [0.25, 0.3) is 5.91 Å². The molecule has 1 aromatic carbocycles. The Bertz CT molecular complexity index is 570. The molecule has 5 nitrogen and oxygen atoms in total. The monoisotopic (exact) mass is 296 g/mol. The maximum Gasteiger partial charge on any atom is 1.00 e. The summed E-state index contributed by atoms with van der Waals surface area (Å²) in [5, 5.41) is 10.9. The van der Waals surface area contributed by atoms with Crippen LogP contribution in [0.4, 0.5) is 0 Å². The van der Waals surface area contributed by atoms with E-state index in [1.807, 2.05) is 31.2 Å². The fraction of sp³-hybridized carbons (Fsp3) is 0.333. The maximum atomic E-state index is 12.1. The quantitative estimate of drug-likeness (QED) is 0.269. The summed E-state index contributed by atoms with van der Waals surface area (Å²) in [6, 6.07) is 7.67. The molecule has 0 aliphatic carbocycles. The van der Waals surface area contributed by atoms with Crippen LogP contribution in [0.3, 0.4) is 0 Å². The molecule has 0 saturated heterocycles. The smallest absolute Gasteiger partial charge is 0.876 e. The van der Waals surface area contributed by atoms with Gasteiger partial charge in [-0.05, 0) is 18.9 Å². The molecule has 0 fully saturated rings. The van der Waals surface area contributed by atoms with E-state index in [-0.39, 0.29) is 41.2 Å². The molecule has 0 spiro atoms. The second-order valence-electron chi connectivity index (χ2n) is 4.56. The van der Waals surface area contributed by atoms with Crippen molar-refractivity contribution < 1.29 is 44.2 Å². The molecule has 0 saturated carbocycles. The molecule has 1 aliphatic rings. The van der Waals surface area contributed by atoms with Crippen LogP contribution in [0, 0.1) is 6.92 Å². The SMILES string of the molecule is COCCCN1C(=O)/C(=C/[O-])N=C1c1ccccc1C.[Na+]. The molecule has 1 aliphatic heterocycles. The molecule has 21 heavy (non-hydrogen) atoms. The van der Waals surface area contributed by atoms with Crippen molar-refractivity contribution in [3.8, 4) is 0 Å². The Labute approximate surface area is 146 Å². The average molecular weight is 296 g/mol. The second kappa shape index (κ2) is 8.34. The Hall–Kier alpha value is -1.14. The summed E-state index contributed by atoms with van der Waals surface area (Å²) in [5.41, 5.74) is 1.85. The van der Waals surface area contributed by atoms with Gasteiger partial charge < -0.3 is 9.84 Å². The van der Waals surface area contributed by atoms with Crippen molar-refractivity contribution in [1.82, 2.24) is 4.90 Å². The summed E-state index contributed by atoms with van der Waals surface area (Å²) in [6.07, 6.45) is 1.20. The third kappa shape index (κ3) is 3.95. The van der Waals surface area contributed by atoms with E-state index in [2.05, 4.69) is 4.99 Å². The molecule has 0 atom stereocenters. The van der Waals surface area contributed by atoms with Crippen molar-refractivity contribution in [3.63, 3.8) is 0 Å². The minimum atomic E-state index is -0.339. The van der Waals surface area contributed by atoms with Crippen molar-refractivity contribution in [2.45, 2.75) is 13.3 Å². The van der Waals surface area contributed by atoms with E-state index in [0.717, 1.165) is 11.1 Å². The minimum absolute atomic E-state index is 0. The van der Waals surface area contributed by atoms with Crippen LogP contribution in [-0.2, 0) is 9.53 Å². The number of hydrogen-bond donors (Lipinski definition) is 0. The Kier molecular flexibility index (Phi) is 7.11. The van der Waals surface area contributed by atoms with Gasteiger partial charge in [-0.15, -0.1) is 6.26 Å². The van der Waals surface area contributed by atoms with E-state index in [1.54, 1.807) is 12.0 Å². The summed E-state index contributed by atoms with van der Waals surface area (Å²) in [4.78, 5) is 17.9. The van der Waals surface area contributed by atoms with Crippen molar-refractivity contribution in [2.75, 3.05) is 20.3 Å².